The van der Waals surface area contributed by atoms with Crippen molar-refractivity contribution in [3.63, 3.8) is 0 Å². The van der Waals surface area contributed by atoms with Gasteiger partial charge in [0.2, 0.25) is 0 Å². The molecule has 0 spiro atoms. The van der Waals surface area contributed by atoms with E-state index in [4.69, 9.17) is 15.2 Å². The highest BCUT2D eigenvalue weighted by atomic mass is 16.7. The highest BCUT2D eigenvalue weighted by Gasteiger charge is 2.18. The fraction of sp³-hybridized carbons (Fsp3) is 0.795. The van der Waals surface area contributed by atoms with E-state index < -0.39 is 12.4 Å². The van der Waals surface area contributed by atoms with E-state index in [2.05, 4.69) is 62.5 Å². The van der Waals surface area contributed by atoms with Crippen molar-refractivity contribution in [1.29, 1.82) is 0 Å². The summed E-state index contributed by atoms with van der Waals surface area (Å²) >= 11 is 0. The summed E-state index contributed by atoms with van der Waals surface area (Å²) in [6.45, 7) is 5.92. The molecule has 0 aromatic carbocycles. The second-order valence-corrected chi connectivity index (χ2v) is 12.1. The number of hydrogen-bond donors (Lipinski definition) is 2. The Bertz CT molecular complexity index is 592. The molecule has 0 aliphatic carbocycles. The molecule has 1 unspecified atom stereocenters. The molecule has 0 aromatic heterocycles. The lowest BCUT2D eigenvalue weighted by Crippen LogP contribution is -2.38. The van der Waals surface area contributed by atoms with E-state index in [1.54, 1.807) is 0 Å². The van der Waals surface area contributed by atoms with Crippen molar-refractivity contribution < 1.29 is 14.6 Å². The van der Waals surface area contributed by atoms with Crippen LogP contribution in [0.5, 0.6) is 0 Å². The van der Waals surface area contributed by atoms with Gasteiger partial charge in [0.05, 0.1) is 0 Å². The van der Waals surface area contributed by atoms with E-state index in [1.165, 1.54) is 116 Å². The van der Waals surface area contributed by atoms with E-state index in [1.807, 2.05) is 0 Å². The molecule has 0 aliphatic heterocycles. The topological polar surface area (TPSA) is 64.7 Å². The minimum atomic E-state index is -0.755. The Hall–Kier alpha value is -1.20. The van der Waals surface area contributed by atoms with Crippen molar-refractivity contribution in [1.82, 2.24) is 0 Å². The molecule has 4 nitrogen and oxygen atoms in total. The smallest absolute Gasteiger partial charge is 0.184 e. The quantitative estimate of drug-likeness (QED) is 0.0436. The van der Waals surface area contributed by atoms with Crippen molar-refractivity contribution >= 4 is 0 Å². The SMILES string of the molecule is CCCCCC=CCC=CCCCCCCCCOC(OCCCCCCCCC=CCC=CCCCCC)C(O)CN. The van der Waals surface area contributed by atoms with Gasteiger partial charge in [0.25, 0.3) is 0 Å². The van der Waals surface area contributed by atoms with Gasteiger partial charge in [-0.25, -0.2) is 0 Å². The third-order valence-electron chi connectivity index (χ3n) is 7.81. The Labute approximate surface area is 268 Å². The van der Waals surface area contributed by atoms with Crippen LogP contribution in [0.4, 0.5) is 0 Å². The van der Waals surface area contributed by atoms with Gasteiger partial charge >= 0.3 is 0 Å². The summed E-state index contributed by atoms with van der Waals surface area (Å²) in [7, 11) is 0. The molecule has 4 heteroatoms. The van der Waals surface area contributed by atoms with Crippen LogP contribution >= 0.6 is 0 Å². The second-order valence-electron chi connectivity index (χ2n) is 12.1. The zero-order valence-corrected chi connectivity index (χ0v) is 28.7. The van der Waals surface area contributed by atoms with Crippen molar-refractivity contribution in [2.75, 3.05) is 19.8 Å². The molecule has 0 aliphatic rings. The summed E-state index contributed by atoms with van der Waals surface area (Å²) < 4.78 is 11.7. The summed E-state index contributed by atoms with van der Waals surface area (Å²) in [6.07, 6.45) is 46.6. The van der Waals surface area contributed by atoms with Gasteiger partial charge in [0.1, 0.15) is 6.10 Å². The van der Waals surface area contributed by atoms with Crippen molar-refractivity contribution in [3.8, 4) is 0 Å². The lowest BCUT2D eigenvalue weighted by Gasteiger charge is -2.22. The largest absolute Gasteiger partial charge is 0.386 e. The maximum absolute atomic E-state index is 10.2. The Morgan fingerprint density at radius 3 is 1.14 bits per heavy atom. The molecular weight excluding hydrogens is 530 g/mol. The van der Waals surface area contributed by atoms with E-state index in [0.29, 0.717) is 13.2 Å². The summed E-state index contributed by atoms with van der Waals surface area (Å²) in [6, 6.07) is 0. The van der Waals surface area contributed by atoms with E-state index >= 15 is 0 Å². The van der Waals surface area contributed by atoms with Gasteiger partial charge in [0, 0.05) is 19.8 Å². The number of rotatable bonds is 34. The molecule has 0 saturated heterocycles. The minimum Gasteiger partial charge on any atom is -0.386 e. The number of aliphatic hydroxyl groups excluding tert-OH is 1. The third-order valence-corrected chi connectivity index (χ3v) is 7.81. The van der Waals surface area contributed by atoms with Crippen LogP contribution in [0.3, 0.4) is 0 Å². The first kappa shape index (κ1) is 41.8. The van der Waals surface area contributed by atoms with Crippen LogP contribution in [0.25, 0.3) is 0 Å². The van der Waals surface area contributed by atoms with Crippen molar-refractivity contribution in [2.24, 2.45) is 5.73 Å². The van der Waals surface area contributed by atoms with Crippen molar-refractivity contribution in [3.05, 3.63) is 48.6 Å². The minimum absolute atomic E-state index is 0.165. The zero-order chi connectivity index (χ0) is 31.3. The monoisotopic (exact) mass is 604 g/mol. The van der Waals surface area contributed by atoms with Gasteiger partial charge in [-0.3, -0.25) is 0 Å². The Morgan fingerprint density at radius 1 is 0.465 bits per heavy atom. The molecule has 1 atom stereocenters. The molecule has 0 amide bonds. The molecule has 0 saturated carbocycles. The summed E-state index contributed by atoms with van der Waals surface area (Å²) in [4.78, 5) is 0. The predicted molar refractivity (Wildman–Crippen MR) is 189 cm³/mol. The maximum atomic E-state index is 10.2. The molecule has 0 radical (unpaired) electrons. The molecule has 3 N–H and O–H groups in total. The first-order valence-electron chi connectivity index (χ1n) is 18.5. The molecule has 43 heavy (non-hydrogen) atoms. The van der Waals surface area contributed by atoms with Gasteiger partial charge in [-0.1, -0.05) is 140 Å². The van der Waals surface area contributed by atoms with Gasteiger partial charge in [-0.2, -0.15) is 0 Å². The number of aliphatic hydroxyl groups is 1. The van der Waals surface area contributed by atoms with E-state index in [0.717, 1.165) is 38.5 Å². The first-order valence-corrected chi connectivity index (χ1v) is 18.5. The van der Waals surface area contributed by atoms with Crippen LogP contribution in [0.1, 0.15) is 168 Å². The normalized spacial score (nSPS) is 13.9. The third kappa shape index (κ3) is 33.5. The lowest BCUT2D eigenvalue weighted by molar-refractivity contribution is -0.192. The zero-order valence-electron chi connectivity index (χ0n) is 28.7. The van der Waals surface area contributed by atoms with Crippen LogP contribution in [0.15, 0.2) is 48.6 Å². The molecule has 0 fully saturated rings. The van der Waals surface area contributed by atoms with Crippen LogP contribution in [0.2, 0.25) is 0 Å². The fourth-order valence-corrected chi connectivity index (χ4v) is 4.96. The van der Waals surface area contributed by atoms with Gasteiger partial charge < -0.3 is 20.3 Å². The number of nitrogens with two attached hydrogens (primary N) is 1. The van der Waals surface area contributed by atoms with Crippen LogP contribution in [-0.2, 0) is 9.47 Å². The molecular formula is C39H73NO3. The van der Waals surface area contributed by atoms with Crippen molar-refractivity contribution in [2.45, 2.75) is 180 Å². The number of allylic oxidation sites excluding steroid dienone is 8. The molecule has 0 bridgehead atoms. The summed E-state index contributed by atoms with van der Waals surface area (Å²) in [5, 5.41) is 10.2. The summed E-state index contributed by atoms with van der Waals surface area (Å²) in [5.74, 6) is 0. The first-order chi connectivity index (χ1) is 21.3. The average molecular weight is 604 g/mol. The van der Waals surface area contributed by atoms with Crippen LogP contribution < -0.4 is 5.73 Å². The molecule has 252 valence electrons. The standard InChI is InChI=1S/C39H73NO3/c1-3-5-7-9-11-13-15-17-19-21-23-25-27-29-31-33-35-42-39(38(41)37-40)43-36-34-32-30-28-26-24-22-20-18-16-14-12-10-8-6-4-2/h11-14,17-20,38-39,41H,3-10,15-16,21-37,40H2,1-2H3. The molecule has 0 aromatic rings. The second kappa shape index (κ2) is 37.0. The highest BCUT2D eigenvalue weighted by molar-refractivity contribution is 4.93. The highest BCUT2D eigenvalue weighted by Crippen LogP contribution is 2.12. The molecule has 0 heterocycles. The van der Waals surface area contributed by atoms with Crippen LogP contribution in [0, 0.1) is 0 Å². The Kier molecular flexibility index (Phi) is 36.0. The average Bonchev–Trinajstić information content (AvgIpc) is 3.02. The van der Waals surface area contributed by atoms with Gasteiger partial charge in [-0.15, -0.1) is 0 Å². The van der Waals surface area contributed by atoms with E-state index in [9.17, 15) is 5.11 Å². The van der Waals surface area contributed by atoms with Gasteiger partial charge in [-0.05, 0) is 77.0 Å². The number of hydrogen-bond acceptors (Lipinski definition) is 4. The van der Waals surface area contributed by atoms with E-state index in [-0.39, 0.29) is 6.54 Å². The van der Waals surface area contributed by atoms with Crippen LogP contribution in [-0.4, -0.2) is 37.3 Å². The number of ether oxygens (including phenoxy) is 2. The Morgan fingerprint density at radius 2 is 0.791 bits per heavy atom. The summed E-state index contributed by atoms with van der Waals surface area (Å²) in [5.41, 5.74) is 5.68. The lowest BCUT2D eigenvalue weighted by atomic mass is 10.1. The fourth-order valence-electron chi connectivity index (χ4n) is 4.96. The number of unbranched alkanes of at least 4 members (excludes halogenated alkanes) is 18. The molecule has 0 rings (SSSR count). The predicted octanol–water partition coefficient (Wildman–Crippen LogP) is 11.3. The maximum Gasteiger partial charge on any atom is 0.184 e. The Balaban J connectivity index is 3.61. The van der Waals surface area contributed by atoms with Gasteiger partial charge in [0.15, 0.2) is 6.29 Å².